The summed E-state index contributed by atoms with van der Waals surface area (Å²) in [6.45, 7) is 1.86. The Morgan fingerprint density at radius 3 is 2.82 bits per heavy atom. The zero-order valence-electron chi connectivity index (χ0n) is 9.72. The summed E-state index contributed by atoms with van der Waals surface area (Å²) in [4.78, 5) is 12.4. The van der Waals surface area contributed by atoms with Crippen LogP contribution in [0, 0.1) is 6.92 Å². The maximum absolute atomic E-state index is 5.27. The van der Waals surface area contributed by atoms with Crippen molar-refractivity contribution in [3.63, 3.8) is 0 Å². The van der Waals surface area contributed by atoms with Crippen LogP contribution in [0.2, 0.25) is 0 Å². The number of anilines is 1. The number of methoxy groups -OCH3 is 1. The highest BCUT2D eigenvalue weighted by Gasteiger charge is 2.14. The first-order valence-corrected chi connectivity index (χ1v) is 5.73. The van der Waals surface area contributed by atoms with E-state index in [-0.39, 0.29) is 0 Å². The van der Waals surface area contributed by atoms with Gasteiger partial charge in [-0.2, -0.15) is 0 Å². The summed E-state index contributed by atoms with van der Waals surface area (Å²) in [5.74, 6) is 1.21. The van der Waals surface area contributed by atoms with E-state index in [1.807, 2.05) is 6.92 Å². The van der Waals surface area contributed by atoms with Crippen molar-refractivity contribution >= 4 is 17.6 Å². The van der Waals surface area contributed by atoms with Gasteiger partial charge in [-0.05, 0) is 18.7 Å². The van der Waals surface area contributed by atoms with Gasteiger partial charge in [0.05, 0.1) is 12.8 Å². The topological polar surface area (TPSA) is 73.1 Å². The Bertz CT molecular complexity index is 515. The van der Waals surface area contributed by atoms with Crippen molar-refractivity contribution in [3.05, 3.63) is 18.3 Å². The molecule has 0 saturated heterocycles. The molecule has 17 heavy (non-hydrogen) atoms. The first-order chi connectivity index (χ1) is 8.24. The summed E-state index contributed by atoms with van der Waals surface area (Å²) >= 11 is 1.30. The van der Waals surface area contributed by atoms with Crippen molar-refractivity contribution in [2.24, 2.45) is 0 Å². The lowest BCUT2D eigenvalue weighted by Crippen LogP contribution is -1.99. The molecule has 1 N–H and O–H groups in total. The van der Waals surface area contributed by atoms with Crippen molar-refractivity contribution in [1.29, 1.82) is 0 Å². The molecule has 0 saturated carbocycles. The molecule has 0 aromatic carbocycles. The lowest BCUT2D eigenvalue weighted by Gasteiger charge is -2.08. The average molecular weight is 252 g/mol. The first-order valence-electron chi connectivity index (χ1n) is 4.91. The highest BCUT2D eigenvalue weighted by atomic mass is 32.2. The maximum atomic E-state index is 5.27. The van der Waals surface area contributed by atoms with Crippen LogP contribution in [-0.2, 0) is 0 Å². The lowest BCUT2D eigenvalue weighted by atomic mass is 10.5. The average Bonchev–Trinajstić information content (AvgIpc) is 2.74. The molecule has 0 bridgehead atoms. The number of ether oxygens (including phenoxy) is 1. The number of nitrogens with one attached hydrogen (secondary N) is 1. The minimum Gasteiger partial charge on any atom is -0.490 e. The molecule has 2 aromatic rings. The van der Waals surface area contributed by atoms with Gasteiger partial charge in [0.25, 0.3) is 5.22 Å². The Kier molecular flexibility index (Phi) is 3.48. The smallest absolute Gasteiger partial charge is 0.262 e. The molecule has 0 amide bonds. The Morgan fingerprint density at radius 1 is 1.41 bits per heavy atom. The van der Waals surface area contributed by atoms with Gasteiger partial charge in [-0.15, -0.1) is 0 Å². The predicted molar refractivity (Wildman–Crippen MR) is 63.5 cm³/mol. The molecule has 0 aliphatic heterocycles. The molecule has 0 unspecified atom stereocenters. The Labute approximate surface area is 103 Å². The molecule has 0 atom stereocenters. The van der Waals surface area contributed by atoms with Crippen molar-refractivity contribution in [1.82, 2.24) is 15.0 Å². The van der Waals surface area contributed by atoms with Gasteiger partial charge in [0.1, 0.15) is 12.6 Å². The van der Waals surface area contributed by atoms with Crippen LogP contribution in [0.3, 0.4) is 0 Å². The minimum absolute atomic E-state index is 0.529. The Hall–Kier alpha value is -1.76. The van der Waals surface area contributed by atoms with Gasteiger partial charge in [0.2, 0.25) is 0 Å². The molecule has 90 valence electrons. The van der Waals surface area contributed by atoms with E-state index in [0.717, 1.165) is 5.69 Å². The molecular weight excluding hydrogens is 240 g/mol. The molecular formula is C10H12N4O2S. The van der Waals surface area contributed by atoms with E-state index < -0.39 is 0 Å². The second-order valence-electron chi connectivity index (χ2n) is 3.17. The van der Waals surface area contributed by atoms with Crippen LogP contribution in [0.25, 0.3) is 0 Å². The number of hydrogen-bond donors (Lipinski definition) is 1. The van der Waals surface area contributed by atoms with Gasteiger partial charge in [-0.3, -0.25) is 0 Å². The number of hydrogen-bond acceptors (Lipinski definition) is 7. The highest BCUT2D eigenvalue weighted by Crippen LogP contribution is 2.35. The number of nitrogens with zero attached hydrogens (tertiary/aromatic N) is 3. The van der Waals surface area contributed by atoms with Gasteiger partial charge in [-0.1, -0.05) is 0 Å². The van der Waals surface area contributed by atoms with E-state index in [0.29, 0.717) is 21.8 Å². The molecule has 2 aromatic heterocycles. The molecule has 7 heteroatoms. The monoisotopic (exact) mass is 252 g/mol. The second kappa shape index (κ2) is 5.05. The normalized spacial score (nSPS) is 10.3. The summed E-state index contributed by atoms with van der Waals surface area (Å²) in [5, 5.41) is 4.13. The van der Waals surface area contributed by atoms with Gasteiger partial charge < -0.3 is 14.5 Å². The van der Waals surface area contributed by atoms with Crippen LogP contribution >= 0.6 is 11.8 Å². The maximum Gasteiger partial charge on any atom is 0.262 e. The Morgan fingerprint density at radius 2 is 2.24 bits per heavy atom. The molecule has 0 radical (unpaired) electrons. The largest absolute Gasteiger partial charge is 0.490 e. The minimum atomic E-state index is 0.529. The molecule has 2 rings (SSSR count). The van der Waals surface area contributed by atoms with E-state index in [9.17, 15) is 0 Å². The van der Waals surface area contributed by atoms with E-state index >= 15 is 0 Å². The number of rotatable bonds is 4. The van der Waals surface area contributed by atoms with Crippen molar-refractivity contribution in [2.45, 2.75) is 17.2 Å². The summed E-state index contributed by atoms with van der Waals surface area (Å²) in [6.07, 6.45) is 3.06. The number of aromatic nitrogens is 3. The van der Waals surface area contributed by atoms with E-state index in [2.05, 4.69) is 20.3 Å². The fourth-order valence-corrected chi connectivity index (χ4v) is 2.08. The van der Waals surface area contributed by atoms with Gasteiger partial charge in [-0.25, -0.2) is 15.0 Å². The zero-order chi connectivity index (χ0) is 12.3. The van der Waals surface area contributed by atoms with E-state index in [4.69, 9.17) is 9.15 Å². The third-order valence-corrected chi connectivity index (χ3v) is 2.84. The van der Waals surface area contributed by atoms with Crippen molar-refractivity contribution < 1.29 is 9.15 Å². The first kappa shape index (κ1) is 11.7. The summed E-state index contributed by atoms with van der Waals surface area (Å²) < 4.78 is 10.5. The van der Waals surface area contributed by atoms with Gasteiger partial charge in [0.15, 0.2) is 16.6 Å². The van der Waals surface area contributed by atoms with Crippen LogP contribution in [0.4, 0.5) is 5.82 Å². The number of oxazole rings is 1. The van der Waals surface area contributed by atoms with Crippen molar-refractivity contribution in [2.75, 3.05) is 19.5 Å². The quantitative estimate of drug-likeness (QED) is 0.834. The molecule has 0 spiro atoms. The molecule has 0 fully saturated rings. The lowest BCUT2D eigenvalue weighted by molar-refractivity contribution is 0.399. The van der Waals surface area contributed by atoms with Crippen LogP contribution in [-0.4, -0.2) is 29.1 Å². The van der Waals surface area contributed by atoms with Crippen LogP contribution in [0.1, 0.15) is 5.69 Å². The summed E-state index contributed by atoms with van der Waals surface area (Å²) in [5.41, 5.74) is 0.828. The molecule has 0 aliphatic rings. The highest BCUT2D eigenvalue weighted by molar-refractivity contribution is 7.99. The molecule has 0 aliphatic carbocycles. The fraction of sp³-hybridized carbons (Fsp3) is 0.300. The van der Waals surface area contributed by atoms with E-state index in [1.54, 1.807) is 20.4 Å². The predicted octanol–water partition coefficient (Wildman–Crippen LogP) is 1.97. The van der Waals surface area contributed by atoms with Crippen molar-refractivity contribution in [3.8, 4) is 5.75 Å². The third-order valence-electron chi connectivity index (χ3n) is 1.99. The fourth-order valence-electron chi connectivity index (χ4n) is 1.25. The van der Waals surface area contributed by atoms with Crippen LogP contribution in [0.5, 0.6) is 5.75 Å². The molecule has 6 nitrogen and oxygen atoms in total. The van der Waals surface area contributed by atoms with Crippen LogP contribution in [0.15, 0.2) is 27.3 Å². The third kappa shape index (κ3) is 2.50. The summed E-state index contributed by atoms with van der Waals surface area (Å²) in [7, 11) is 3.35. The molecule has 2 heterocycles. The number of aryl methyl sites for hydroxylation is 1. The van der Waals surface area contributed by atoms with Crippen LogP contribution < -0.4 is 10.1 Å². The van der Waals surface area contributed by atoms with E-state index in [1.165, 1.54) is 18.1 Å². The standard InChI is InChI=1S/C10H12N4O2S/c1-6-4-16-10(14-6)17-9-7(15-3)8(11-2)12-5-13-9/h4-5H,1-3H3,(H,11,12,13). The second-order valence-corrected chi connectivity index (χ2v) is 4.11. The van der Waals surface area contributed by atoms with Gasteiger partial charge >= 0.3 is 0 Å². The summed E-state index contributed by atoms with van der Waals surface area (Å²) in [6, 6.07) is 0. The zero-order valence-corrected chi connectivity index (χ0v) is 10.5. The Balaban J connectivity index is 2.32. The van der Waals surface area contributed by atoms with Gasteiger partial charge in [0, 0.05) is 7.05 Å². The SMILES string of the molecule is CNc1ncnc(Sc2nc(C)co2)c1OC.